The Labute approximate surface area is 146 Å². The Kier molecular flexibility index (Phi) is 4.74. The SMILES string of the molecule is O=C(C1CCCNC1)N1CCC(c2nc(-c3ccccn3)no2)CC1. The van der Waals surface area contributed by atoms with Crippen LogP contribution in [0, 0.1) is 5.92 Å². The monoisotopic (exact) mass is 341 g/mol. The molecule has 7 nitrogen and oxygen atoms in total. The van der Waals surface area contributed by atoms with Crippen LogP contribution in [0.3, 0.4) is 0 Å². The largest absolute Gasteiger partial charge is 0.342 e. The minimum absolute atomic E-state index is 0.143. The number of piperidine rings is 2. The second kappa shape index (κ2) is 7.31. The number of amides is 1. The molecule has 1 unspecified atom stereocenters. The molecule has 0 aliphatic carbocycles. The van der Waals surface area contributed by atoms with Crippen molar-refractivity contribution in [1.82, 2.24) is 25.3 Å². The van der Waals surface area contributed by atoms with Gasteiger partial charge in [0, 0.05) is 31.7 Å². The van der Waals surface area contributed by atoms with Crippen LogP contribution in [0.15, 0.2) is 28.9 Å². The Morgan fingerprint density at radius 1 is 1.24 bits per heavy atom. The molecule has 0 saturated carbocycles. The van der Waals surface area contributed by atoms with Gasteiger partial charge < -0.3 is 14.7 Å². The Morgan fingerprint density at radius 3 is 2.84 bits per heavy atom. The third kappa shape index (κ3) is 3.56. The van der Waals surface area contributed by atoms with E-state index in [1.165, 1.54) is 0 Å². The Bertz CT molecular complexity index is 703. The molecular weight excluding hydrogens is 318 g/mol. The fourth-order valence-electron chi connectivity index (χ4n) is 3.67. The zero-order valence-corrected chi connectivity index (χ0v) is 14.2. The lowest BCUT2D eigenvalue weighted by Crippen LogP contribution is -2.45. The third-order valence-corrected chi connectivity index (χ3v) is 5.14. The number of carbonyl (C=O) groups is 1. The van der Waals surface area contributed by atoms with Gasteiger partial charge in [-0.25, -0.2) is 0 Å². The summed E-state index contributed by atoms with van der Waals surface area (Å²) in [6, 6.07) is 5.63. The molecule has 4 rings (SSSR count). The molecule has 2 saturated heterocycles. The van der Waals surface area contributed by atoms with Crippen molar-refractivity contribution in [3.8, 4) is 11.5 Å². The highest BCUT2D eigenvalue weighted by Gasteiger charge is 2.31. The molecule has 2 aromatic rings. The van der Waals surface area contributed by atoms with Crippen molar-refractivity contribution in [3.05, 3.63) is 30.3 Å². The summed E-state index contributed by atoms with van der Waals surface area (Å²) in [7, 11) is 0. The maximum atomic E-state index is 12.6. The van der Waals surface area contributed by atoms with Crippen LogP contribution in [-0.4, -0.2) is 52.1 Å². The Hall–Kier alpha value is -2.28. The zero-order chi connectivity index (χ0) is 17.1. The number of hydrogen-bond donors (Lipinski definition) is 1. The van der Waals surface area contributed by atoms with Gasteiger partial charge in [0.05, 0.1) is 5.92 Å². The maximum absolute atomic E-state index is 12.6. The first-order chi connectivity index (χ1) is 12.3. The van der Waals surface area contributed by atoms with Gasteiger partial charge in [0.15, 0.2) is 0 Å². The predicted octanol–water partition coefficient (Wildman–Crippen LogP) is 1.84. The van der Waals surface area contributed by atoms with Gasteiger partial charge >= 0.3 is 0 Å². The van der Waals surface area contributed by atoms with Crippen molar-refractivity contribution in [2.45, 2.75) is 31.6 Å². The molecule has 2 aromatic heterocycles. The van der Waals surface area contributed by atoms with E-state index in [0.29, 0.717) is 17.6 Å². The van der Waals surface area contributed by atoms with Gasteiger partial charge in [-0.1, -0.05) is 11.2 Å². The topological polar surface area (TPSA) is 84.2 Å². The first-order valence-corrected chi connectivity index (χ1v) is 9.06. The van der Waals surface area contributed by atoms with Gasteiger partial charge in [-0.3, -0.25) is 9.78 Å². The molecule has 2 aliphatic rings. The van der Waals surface area contributed by atoms with Gasteiger partial charge in [-0.15, -0.1) is 0 Å². The molecule has 2 aliphatic heterocycles. The lowest BCUT2D eigenvalue weighted by molar-refractivity contribution is -0.137. The number of pyridine rings is 1. The van der Waals surface area contributed by atoms with E-state index in [1.807, 2.05) is 23.1 Å². The highest BCUT2D eigenvalue weighted by atomic mass is 16.5. The minimum atomic E-state index is 0.143. The molecule has 7 heteroatoms. The van der Waals surface area contributed by atoms with E-state index in [1.54, 1.807) is 6.20 Å². The molecule has 132 valence electrons. The minimum Gasteiger partial charge on any atom is -0.342 e. The van der Waals surface area contributed by atoms with Crippen LogP contribution in [0.5, 0.6) is 0 Å². The van der Waals surface area contributed by atoms with Crippen LogP contribution < -0.4 is 5.32 Å². The van der Waals surface area contributed by atoms with Crippen LogP contribution in [-0.2, 0) is 4.79 Å². The molecule has 1 N–H and O–H groups in total. The zero-order valence-electron chi connectivity index (χ0n) is 14.2. The van der Waals surface area contributed by atoms with Gasteiger partial charge in [0.25, 0.3) is 0 Å². The number of nitrogens with one attached hydrogen (secondary N) is 1. The average molecular weight is 341 g/mol. The first-order valence-electron chi connectivity index (χ1n) is 9.06. The lowest BCUT2D eigenvalue weighted by Gasteiger charge is -2.34. The summed E-state index contributed by atoms with van der Waals surface area (Å²) < 4.78 is 5.46. The van der Waals surface area contributed by atoms with Gasteiger partial charge in [0.2, 0.25) is 17.6 Å². The molecule has 0 bridgehead atoms. The summed E-state index contributed by atoms with van der Waals surface area (Å²) in [4.78, 5) is 23.4. The second-order valence-electron chi connectivity index (χ2n) is 6.81. The van der Waals surface area contributed by atoms with E-state index in [4.69, 9.17) is 4.52 Å². The normalized spacial score (nSPS) is 22.1. The number of rotatable bonds is 3. The van der Waals surface area contributed by atoms with Crippen LogP contribution in [0.1, 0.15) is 37.5 Å². The number of carbonyl (C=O) groups excluding carboxylic acids is 1. The van der Waals surface area contributed by atoms with Crippen molar-refractivity contribution >= 4 is 5.91 Å². The molecule has 25 heavy (non-hydrogen) atoms. The van der Waals surface area contributed by atoms with Crippen molar-refractivity contribution in [3.63, 3.8) is 0 Å². The van der Waals surface area contributed by atoms with Gasteiger partial charge in [-0.05, 0) is 44.4 Å². The molecule has 2 fully saturated rings. The summed E-state index contributed by atoms with van der Waals surface area (Å²) in [6.07, 6.45) is 5.55. The summed E-state index contributed by atoms with van der Waals surface area (Å²) in [5.41, 5.74) is 0.718. The fraction of sp³-hybridized carbons (Fsp3) is 0.556. The van der Waals surface area contributed by atoms with E-state index in [9.17, 15) is 4.79 Å². The molecule has 4 heterocycles. The van der Waals surface area contributed by atoms with Gasteiger partial charge in [-0.2, -0.15) is 4.98 Å². The van der Waals surface area contributed by atoms with Crippen molar-refractivity contribution < 1.29 is 9.32 Å². The molecule has 1 atom stereocenters. The highest BCUT2D eigenvalue weighted by Crippen LogP contribution is 2.29. The van der Waals surface area contributed by atoms with E-state index in [0.717, 1.165) is 57.6 Å². The quantitative estimate of drug-likeness (QED) is 0.917. The Morgan fingerprint density at radius 2 is 2.12 bits per heavy atom. The molecule has 1 amide bonds. The standard InChI is InChI=1S/C18H23N5O2/c24-18(14-4-3-8-19-12-14)23-10-6-13(7-11-23)17-21-16(22-25-17)15-5-1-2-9-20-15/h1-2,5,9,13-14,19H,3-4,6-8,10-12H2. The van der Waals surface area contributed by atoms with Crippen LogP contribution in [0.25, 0.3) is 11.5 Å². The van der Waals surface area contributed by atoms with E-state index in [2.05, 4.69) is 20.4 Å². The van der Waals surface area contributed by atoms with Crippen LogP contribution in [0.4, 0.5) is 0 Å². The average Bonchev–Trinajstić information content (AvgIpc) is 3.19. The lowest BCUT2D eigenvalue weighted by atomic mass is 9.93. The molecule has 0 aromatic carbocycles. The van der Waals surface area contributed by atoms with Crippen molar-refractivity contribution in [2.75, 3.05) is 26.2 Å². The first kappa shape index (κ1) is 16.2. The highest BCUT2D eigenvalue weighted by molar-refractivity contribution is 5.79. The number of hydrogen-bond acceptors (Lipinski definition) is 6. The van der Waals surface area contributed by atoms with Gasteiger partial charge in [0.1, 0.15) is 5.69 Å². The smallest absolute Gasteiger partial charge is 0.230 e. The van der Waals surface area contributed by atoms with E-state index >= 15 is 0 Å². The maximum Gasteiger partial charge on any atom is 0.230 e. The van der Waals surface area contributed by atoms with E-state index < -0.39 is 0 Å². The van der Waals surface area contributed by atoms with Crippen LogP contribution in [0.2, 0.25) is 0 Å². The van der Waals surface area contributed by atoms with Crippen molar-refractivity contribution in [2.24, 2.45) is 5.92 Å². The summed E-state index contributed by atoms with van der Waals surface area (Å²) >= 11 is 0. The van der Waals surface area contributed by atoms with Crippen molar-refractivity contribution in [1.29, 1.82) is 0 Å². The molecular formula is C18H23N5O2. The third-order valence-electron chi connectivity index (χ3n) is 5.14. The molecule has 0 radical (unpaired) electrons. The molecule has 0 spiro atoms. The summed E-state index contributed by atoms with van der Waals surface area (Å²) in [5.74, 6) is 1.85. The Balaban J connectivity index is 1.36. The summed E-state index contributed by atoms with van der Waals surface area (Å²) in [5, 5.41) is 7.37. The predicted molar refractivity (Wildman–Crippen MR) is 91.7 cm³/mol. The van der Waals surface area contributed by atoms with Crippen LogP contribution >= 0.6 is 0 Å². The van der Waals surface area contributed by atoms with E-state index in [-0.39, 0.29) is 11.8 Å². The summed E-state index contributed by atoms with van der Waals surface area (Å²) in [6.45, 7) is 3.38. The number of aromatic nitrogens is 3. The number of nitrogens with zero attached hydrogens (tertiary/aromatic N) is 4. The second-order valence-corrected chi connectivity index (χ2v) is 6.81. The fourth-order valence-corrected chi connectivity index (χ4v) is 3.67. The number of likely N-dealkylation sites (tertiary alicyclic amines) is 1.